The number of hydrogen-bond donors (Lipinski definition) is 0. The second kappa shape index (κ2) is 6.01. The van der Waals surface area contributed by atoms with Crippen LogP contribution in [0.1, 0.15) is 25.0 Å². The lowest BCUT2D eigenvalue weighted by Crippen LogP contribution is -2.31. The first-order chi connectivity index (χ1) is 9.55. The van der Waals surface area contributed by atoms with Gasteiger partial charge >= 0.3 is 5.97 Å². The first-order valence-electron chi connectivity index (χ1n) is 6.27. The zero-order valence-electron chi connectivity index (χ0n) is 11.4. The summed E-state index contributed by atoms with van der Waals surface area (Å²) in [5, 5.41) is 0. The molecule has 20 heavy (non-hydrogen) atoms. The minimum atomic E-state index is -1.81. The summed E-state index contributed by atoms with van der Waals surface area (Å²) < 4.78 is 16.6. The van der Waals surface area contributed by atoms with Gasteiger partial charge in [0.1, 0.15) is 4.75 Å². The topological polar surface area (TPSA) is 43.4 Å². The van der Waals surface area contributed by atoms with E-state index in [1.165, 1.54) is 6.92 Å². The Kier molecular flexibility index (Phi) is 4.35. The number of carbonyl (C=O) groups is 1. The molecule has 1 unspecified atom stereocenters. The van der Waals surface area contributed by atoms with E-state index in [0.29, 0.717) is 0 Å². The molecule has 4 heteroatoms. The summed E-state index contributed by atoms with van der Waals surface area (Å²) in [4.78, 5) is 11.1. The number of rotatable bonds is 4. The Hall–Kier alpha value is -1.94. The van der Waals surface area contributed by atoms with Crippen molar-refractivity contribution in [3.63, 3.8) is 0 Å². The normalized spacial score (nSPS) is 12.7. The molecule has 2 aromatic rings. The molecule has 0 N–H and O–H groups in total. The zero-order chi connectivity index (χ0) is 14.6. The molecule has 104 valence electrons. The molecule has 0 saturated heterocycles. The average Bonchev–Trinajstić information content (AvgIpc) is 2.47. The lowest BCUT2D eigenvalue weighted by Gasteiger charge is -2.28. The van der Waals surface area contributed by atoms with Gasteiger partial charge in [-0.05, 0) is 18.1 Å². The second-order valence-corrected chi connectivity index (χ2v) is 6.03. The predicted octanol–water partition coefficient (Wildman–Crippen LogP) is 3.18. The summed E-state index contributed by atoms with van der Waals surface area (Å²) in [6.07, 6.45) is 0. The van der Waals surface area contributed by atoms with Crippen LogP contribution in [0.2, 0.25) is 0 Å². The Balaban J connectivity index is 2.55. The van der Waals surface area contributed by atoms with Gasteiger partial charge in [0, 0.05) is 6.92 Å². The first kappa shape index (κ1) is 14.5. The summed E-state index contributed by atoms with van der Waals surface area (Å²) in [5.41, 5.74) is 1.68. The molecule has 0 aliphatic carbocycles. The van der Waals surface area contributed by atoms with Gasteiger partial charge in [-0.15, -0.1) is 0 Å². The lowest BCUT2D eigenvalue weighted by molar-refractivity contribution is -0.131. The summed E-state index contributed by atoms with van der Waals surface area (Å²) in [6.45, 7) is 3.07. The third-order valence-electron chi connectivity index (χ3n) is 3.18. The highest BCUT2D eigenvalue weighted by molar-refractivity contribution is 7.81. The molecule has 0 spiro atoms. The van der Waals surface area contributed by atoms with Crippen molar-refractivity contribution in [3.8, 4) is 0 Å². The molecule has 2 rings (SSSR count). The fourth-order valence-electron chi connectivity index (χ4n) is 2.06. The highest BCUT2D eigenvalue weighted by Crippen LogP contribution is 2.35. The van der Waals surface area contributed by atoms with Gasteiger partial charge in [0.25, 0.3) is 0 Å². The monoisotopic (exact) mass is 288 g/mol. The second-order valence-electron chi connectivity index (χ2n) is 4.57. The minimum absolute atomic E-state index is 0.554. The third-order valence-corrected chi connectivity index (χ3v) is 4.70. The van der Waals surface area contributed by atoms with Crippen molar-refractivity contribution in [1.29, 1.82) is 0 Å². The standard InChI is InChI=1S/C16H16O3S/c1-13(17)19-20(18)16(2,14-9-5-3-6-10-14)15-11-7-4-8-12-15/h3-12H,1-2H3. The van der Waals surface area contributed by atoms with Crippen LogP contribution in [0.25, 0.3) is 0 Å². The SMILES string of the molecule is CC(=O)OS(=O)C(C)(c1ccccc1)c1ccccc1. The van der Waals surface area contributed by atoms with E-state index < -0.39 is 21.8 Å². The molecule has 3 nitrogen and oxygen atoms in total. The molecule has 0 heterocycles. The van der Waals surface area contributed by atoms with Crippen LogP contribution in [0.3, 0.4) is 0 Å². The maximum absolute atomic E-state index is 12.5. The van der Waals surface area contributed by atoms with Crippen molar-refractivity contribution in [1.82, 2.24) is 0 Å². The van der Waals surface area contributed by atoms with Crippen molar-refractivity contribution >= 4 is 17.0 Å². The van der Waals surface area contributed by atoms with Crippen LogP contribution in [0.4, 0.5) is 0 Å². The summed E-state index contributed by atoms with van der Waals surface area (Å²) in [7, 11) is 0. The van der Waals surface area contributed by atoms with Gasteiger partial charge in [-0.3, -0.25) is 4.79 Å². The lowest BCUT2D eigenvalue weighted by atomic mass is 9.92. The smallest absolute Gasteiger partial charge is 0.316 e. The number of carbonyl (C=O) groups excluding carboxylic acids is 1. The van der Waals surface area contributed by atoms with E-state index in [2.05, 4.69) is 0 Å². The van der Waals surface area contributed by atoms with Crippen LogP contribution in [0, 0.1) is 0 Å². The molecule has 0 radical (unpaired) electrons. The molecule has 0 fully saturated rings. The fourth-order valence-corrected chi connectivity index (χ4v) is 3.10. The van der Waals surface area contributed by atoms with Crippen LogP contribution in [0.5, 0.6) is 0 Å². The molecule has 0 saturated carbocycles. The molecular weight excluding hydrogens is 272 g/mol. The average molecular weight is 288 g/mol. The van der Waals surface area contributed by atoms with E-state index in [-0.39, 0.29) is 0 Å². The van der Waals surface area contributed by atoms with E-state index in [4.69, 9.17) is 4.18 Å². The minimum Gasteiger partial charge on any atom is -0.363 e. The summed E-state index contributed by atoms with van der Waals surface area (Å²) in [6, 6.07) is 18.8. The largest absolute Gasteiger partial charge is 0.363 e. The first-order valence-corrected chi connectivity index (χ1v) is 7.34. The van der Waals surface area contributed by atoms with Crippen molar-refractivity contribution in [2.75, 3.05) is 0 Å². The quantitative estimate of drug-likeness (QED) is 0.868. The fraction of sp³-hybridized carbons (Fsp3) is 0.188. The Bertz CT molecular complexity index is 569. The maximum Gasteiger partial charge on any atom is 0.316 e. The molecule has 1 atom stereocenters. The molecular formula is C16H16O3S. The van der Waals surface area contributed by atoms with Gasteiger partial charge in [-0.25, -0.2) is 4.21 Å². The van der Waals surface area contributed by atoms with E-state index in [1.54, 1.807) is 0 Å². The van der Waals surface area contributed by atoms with Crippen LogP contribution in [-0.4, -0.2) is 10.2 Å². The van der Waals surface area contributed by atoms with Crippen molar-refractivity contribution < 1.29 is 13.2 Å². The van der Waals surface area contributed by atoms with Gasteiger partial charge in [0.05, 0.1) is 0 Å². The van der Waals surface area contributed by atoms with E-state index in [1.807, 2.05) is 67.6 Å². The Labute approximate surface area is 121 Å². The third kappa shape index (κ3) is 2.80. The molecule has 0 aliphatic rings. The van der Waals surface area contributed by atoms with Crippen molar-refractivity contribution in [3.05, 3.63) is 71.8 Å². The van der Waals surface area contributed by atoms with E-state index in [0.717, 1.165) is 11.1 Å². The molecule has 2 aromatic carbocycles. The number of hydrogen-bond acceptors (Lipinski definition) is 3. The molecule has 0 bridgehead atoms. The van der Waals surface area contributed by atoms with Crippen molar-refractivity contribution in [2.24, 2.45) is 0 Å². The van der Waals surface area contributed by atoms with Crippen LogP contribution in [0.15, 0.2) is 60.7 Å². The van der Waals surface area contributed by atoms with Crippen LogP contribution >= 0.6 is 0 Å². The Morgan fingerprint density at radius 2 is 1.35 bits per heavy atom. The Morgan fingerprint density at radius 1 is 0.950 bits per heavy atom. The predicted molar refractivity (Wildman–Crippen MR) is 79.2 cm³/mol. The summed E-state index contributed by atoms with van der Waals surface area (Å²) in [5.74, 6) is -0.554. The highest BCUT2D eigenvalue weighted by Gasteiger charge is 2.38. The van der Waals surface area contributed by atoms with Gasteiger partial charge < -0.3 is 4.18 Å². The van der Waals surface area contributed by atoms with Gasteiger partial charge in [0.15, 0.2) is 0 Å². The van der Waals surface area contributed by atoms with E-state index >= 15 is 0 Å². The van der Waals surface area contributed by atoms with Gasteiger partial charge in [-0.1, -0.05) is 60.7 Å². The molecule has 0 amide bonds. The van der Waals surface area contributed by atoms with Gasteiger partial charge in [0.2, 0.25) is 11.1 Å². The zero-order valence-corrected chi connectivity index (χ0v) is 12.2. The van der Waals surface area contributed by atoms with Crippen LogP contribution in [-0.2, 0) is 24.8 Å². The van der Waals surface area contributed by atoms with E-state index in [9.17, 15) is 9.00 Å². The van der Waals surface area contributed by atoms with Gasteiger partial charge in [-0.2, -0.15) is 0 Å². The molecule has 0 aromatic heterocycles. The highest BCUT2D eigenvalue weighted by atomic mass is 32.2. The maximum atomic E-state index is 12.5. The van der Waals surface area contributed by atoms with Crippen LogP contribution < -0.4 is 0 Å². The number of benzene rings is 2. The Morgan fingerprint density at radius 3 is 1.70 bits per heavy atom. The molecule has 0 aliphatic heterocycles. The van der Waals surface area contributed by atoms with Crippen molar-refractivity contribution in [2.45, 2.75) is 18.6 Å². The summed E-state index contributed by atoms with van der Waals surface area (Å²) >= 11 is -1.81.